The molecule has 2 aliphatic rings. The lowest BCUT2D eigenvalue weighted by molar-refractivity contribution is 0.173. The molecule has 0 aliphatic carbocycles. The number of nitrogens with zero attached hydrogens (tertiary/aromatic N) is 3. The Hall–Kier alpha value is -2.54. The van der Waals surface area contributed by atoms with Crippen LogP contribution in [-0.2, 0) is 0 Å². The molecule has 6 nitrogen and oxygen atoms in total. The minimum absolute atomic E-state index is 0.162. The molecule has 36 heavy (non-hydrogen) atoms. The fraction of sp³-hybridized carbons (Fsp3) is 0.533. The van der Waals surface area contributed by atoms with Gasteiger partial charge in [-0.05, 0) is 67.5 Å². The van der Waals surface area contributed by atoms with Gasteiger partial charge in [0.1, 0.15) is 11.5 Å². The van der Waals surface area contributed by atoms with Gasteiger partial charge in [0.25, 0.3) is 0 Å². The molecule has 0 radical (unpaired) electrons. The molecule has 2 saturated heterocycles. The predicted molar refractivity (Wildman–Crippen MR) is 147 cm³/mol. The molecule has 2 fully saturated rings. The molecule has 2 heterocycles. The highest BCUT2D eigenvalue weighted by Crippen LogP contribution is 2.35. The van der Waals surface area contributed by atoms with E-state index in [1.165, 1.54) is 22.4 Å². The largest absolute Gasteiger partial charge is 0.493 e. The number of aliphatic hydroxyl groups is 1. The molecule has 0 spiro atoms. The molecular formula is C30H43N3O3. The Kier molecular flexibility index (Phi) is 9.30. The number of hydrogen-bond acceptors (Lipinski definition) is 6. The Bertz CT molecular complexity index is 1020. The van der Waals surface area contributed by atoms with Gasteiger partial charge < -0.3 is 24.4 Å². The highest BCUT2D eigenvalue weighted by molar-refractivity contribution is 5.74. The van der Waals surface area contributed by atoms with Gasteiger partial charge in [-0.1, -0.05) is 30.8 Å². The second kappa shape index (κ2) is 12.6. The van der Waals surface area contributed by atoms with Crippen LogP contribution in [0, 0.1) is 13.8 Å². The number of rotatable bonds is 11. The first-order valence-corrected chi connectivity index (χ1v) is 13.4. The fourth-order valence-corrected chi connectivity index (χ4v) is 5.18. The summed E-state index contributed by atoms with van der Waals surface area (Å²) >= 11 is 0. The number of β-amino-alcohol motifs (C(OH)–C–C–N with tert-alkyl or cyclic N) is 1. The lowest BCUT2D eigenvalue weighted by Gasteiger charge is -2.35. The number of likely N-dealkylation sites (N-methyl/N-ethyl adjacent to an activating group) is 1. The molecule has 0 bridgehead atoms. The highest BCUT2D eigenvalue weighted by Gasteiger charge is 2.19. The first-order chi connectivity index (χ1) is 17.4. The molecule has 196 valence electrons. The second-order valence-electron chi connectivity index (χ2n) is 10.3. The maximum atomic E-state index is 9.69. The van der Waals surface area contributed by atoms with Gasteiger partial charge in [0, 0.05) is 58.6 Å². The average molecular weight is 494 g/mol. The van der Waals surface area contributed by atoms with Gasteiger partial charge in [0.2, 0.25) is 0 Å². The van der Waals surface area contributed by atoms with E-state index in [1.54, 1.807) is 0 Å². The third-order valence-electron chi connectivity index (χ3n) is 7.56. The van der Waals surface area contributed by atoms with Crippen molar-refractivity contribution >= 4 is 0 Å². The van der Waals surface area contributed by atoms with Crippen molar-refractivity contribution in [3.63, 3.8) is 0 Å². The van der Waals surface area contributed by atoms with Crippen molar-refractivity contribution in [1.29, 1.82) is 0 Å². The van der Waals surface area contributed by atoms with E-state index in [0.29, 0.717) is 13.2 Å². The van der Waals surface area contributed by atoms with Crippen LogP contribution in [0.4, 0.5) is 0 Å². The van der Waals surface area contributed by atoms with E-state index >= 15 is 0 Å². The maximum Gasteiger partial charge on any atom is 0.122 e. The van der Waals surface area contributed by atoms with Crippen LogP contribution >= 0.6 is 0 Å². The summed E-state index contributed by atoms with van der Waals surface area (Å²) in [5.41, 5.74) is 5.90. The number of piperazine rings is 1. The van der Waals surface area contributed by atoms with Gasteiger partial charge in [-0.25, -0.2) is 0 Å². The normalized spacial score (nSPS) is 19.2. The number of benzene rings is 2. The molecule has 0 amide bonds. The molecule has 2 aliphatic heterocycles. The summed E-state index contributed by atoms with van der Waals surface area (Å²) < 4.78 is 12.4. The van der Waals surface area contributed by atoms with Crippen molar-refractivity contribution in [3.05, 3.63) is 59.8 Å². The summed E-state index contributed by atoms with van der Waals surface area (Å²) in [6.07, 6.45) is 2.68. The molecule has 2 aromatic rings. The van der Waals surface area contributed by atoms with Crippen LogP contribution in [-0.4, -0.2) is 92.0 Å². The minimum Gasteiger partial charge on any atom is -0.493 e. The third-order valence-corrected chi connectivity index (χ3v) is 7.56. The van der Waals surface area contributed by atoms with Gasteiger partial charge >= 0.3 is 0 Å². The van der Waals surface area contributed by atoms with E-state index in [0.717, 1.165) is 82.1 Å². The summed E-state index contributed by atoms with van der Waals surface area (Å²) in [7, 11) is 2.12. The van der Waals surface area contributed by atoms with Gasteiger partial charge in [-0.15, -0.1) is 0 Å². The highest BCUT2D eigenvalue weighted by atomic mass is 16.5. The monoisotopic (exact) mass is 493 g/mol. The van der Waals surface area contributed by atoms with Gasteiger partial charge in [0.15, 0.2) is 0 Å². The number of aliphatic hydroxyl groups excluding tert-OH is 1. The van der Waals surface area contributed by atoms with Gasteiger partial charge in [-0.3, -0.25) is 4.90 Å². The second-order valence-corrected chi connectivity index (χ2v) is 10.3. The SMILES string of the molecule is C=C1CN(CCCOc2cccc(-c3cccc(OCCCN4CC[C@@H](O)C4)c3C)c2C)CCN1C. The van der Waals surface area contributed by atoms with Crippen LogP contribution in [0.2, 0.25) is 0 Å². The predicted octanol–water partition coefficient (Wildman–Crippen LogP) is 4.34. The summed E-state index contributed by atoms with van der Waals surface area (Å²) in [6, 6.07) is 12.6. The van der Waals surface area contributed by atoms with Crippen molar-refractivity contribution in [3.8, 4) is 22.6 Å². The number of likely N-dealkylation sites (tertiary alicyclic amines) is 1. The third kappa shape index (κ3) is 6.81. The zero-order valence-corrected chi connectivity index (χ0v) is 22.3. The van der Waals surface area contributed by atoms with Crippen LogP contribution in [0.1, 0.15) is 30.4 Å². The Morgan fingerprint density at radius 1 is 0.861 bits per heavy atom. The van der Waals surface area contributed by atoms with Crippen LogP contribution in [0.25, 0.3) is 11.1 Å². The zero-order valence-electron chi connectivity index (χ0n) is 22.3. The van der Waals surface area contributed by atoms with E-state index in [-0.39, 0.29) is 6.10 Å². The van der Waals surface area contributed by atoms with Crippen molar-refractivity contribution in [2.45, 2.75) is 39.2 Å². The van der Waals surface area contributed by atoms with E-state index in [9.17, 15) is 5.11 Å². The summed E-state index contributed by atoms with van der Waals surface area (Å²) in [5, 5.41) is 9.69. The summed E-state index contributed by atoms with van der Waals surface area (Å²) in [5.74, 6) is 1.89. The summed E-state index contributed by atoms with van der Waals surface area (Å²) in [6.45, 7) is 16.7. The van der Waals surface area contributed by atoms with Crippen LogP contribution in [0.3, 0.4) is 0 Å². The van der Waals surface area contributed by atoms with Crippen molar-refractivity contribution < 1.29 is 14.6 Å². The van der Waals surface area contributed by atoms with Crippen molar-refractivity contribution in [2.75, 3.05) is 66.1 Å². The van der Waals surface area contributed by atoms with E-state index in [1.807, 2.05) is 0 Å². The van der Waals surface area contributed by atoms with Crippen molar-refractivity contribution in [2.24, 2.45) is 0 Å². The quantitative estimate of drug-likeness (QED) is 0.470. The molecule has 4 rings (SSSR count). The molecule has 2 aromatic carbocycles. The Morgan fingerprint density at radius 2 is 1.44 bits per heavy atom. The van der Waals surface area contributed by atoms with E-state index in [4.69, 9.17) is 9.47 Å². The zero-order chi connectivity index (χ0) is 25.5. The number of hydrogen-bond donors (Lipinski definition) is 1. The lowest BCUT2D eigenvalue weighted by Crippen LogP contribution is -2.43. The number of ether oxygens (including phenoxy) is 2. The van der Waals surface area contributed by atoms with E-state index in [2.05, 4.69) is 78.6 Å². The van der Waals surface area contributed by atoms with E-state index < -0.39 is 0 Å². The first kappa shape index (κ1) is 26.5. The average Bonchev–Trinajstić information content (AvgIpc) is 3.28. The molecule has 1 atom stereocenters. The lowest BCUT2D eigenvalue weighted by atomic mass is 9.95. The fourth-order valence-electron chi connectivity index (χ4n) is 5.18. The molecule has 0 aromatic heterocycles. The van der Waals surface area contributed by atoms with Crippen LogP contribution in [0.15, 0.2) is 48.7 Å². The van der Waals surface area contributed by atoms with Gasteiger partial charge in [-0.2, -0.15) is 0 Å². The standard InChI is InChI=1S/C30H43N3O3/c1-23-21-33(18-17-31(23)4)15-8-20-36-30-12-6-10-28(25(30)3)27-9-5-11-29(24(27)2)35-19-7-14-32-16-13-26(34)22-32/h5-6,9-12,26,34H,1,7-8,13-22H2,2-4H3/t26-/m1/s1. The Balaban J connectivity index is 1.30. The topological polar surface area (TPSA) is 48.4 Å². The minimum atomic E-state index is -0.162. The molecule has 0 saturated carbocycles. The first-order valence-electron chi connectivity index (χ1n) is 13.4. The van der Waals surface area contributed by atoms with Crippen LogP contribution < -0.4 is 9.47 Å². The van der Waals surface area contributed by atoms with Crippen molar-refractivity contribution in [1.82, 2.24) is 14.7 Å². The molecule has 6 heteroatoms. The Morgan fingerprint density at radius 3 is 1.97 bits per heavy atom. The summed E-state index contributed by atoms with van der Waals surface area (Å²) in [4.78, 5) is 7.01. The smallest absolute Gasteiger partial charge is 0.122 e. The molecule has 1 N–H and O–H groups in total. The van der Waals surface area contributed by atoms with Crippen LogP contribution in [0.5, 0.6) is 11.5 Å². The van der Waals surface area contributed by atoms with Gasteiger partial charge in [0.05, 0.1) is 19.3 Å². The molecule has 0 unspecified atom stereocenters. The molecular weight excluding hydrogens is 450 g/mol. The maximum absolute atomic E-state index is 9.69. The Labute approximate surface area is 217 Å².